The summed E-state index contributed by atoms with van der Waals surface area (Å²) in [5.74, 6) is -0.0710. The SMILES string of the molecule is O=C(CCC(=O)N1CCCN(Cc2ccc(C(F)(F)F)cc2)CC1)c1ccccc1. The monoisotopic (exact) mass is 418 g/mol. The van der Waals surface area contributed by atoms with Gasteiger partial charge in [0, 0.05) is 51.1 Å². The van der Waals surface area contributed by atoms with Crippen LogP contribution in [0.5, 0.6) is 0 Å². The number of alkyl halides is 3. The lowest BCUT2D eigenvalue weighted by molar-refractivity contribution is -0.137. The van der Waals surface area contributed by atoms with Crippen LogP contribution in [0.25, 0.3) is 0 Å². The summed E-state index contributed by atoms with van der Waals surface area (Å²) in [7, 11) is 0. The second-order valence-electron chi connectivity index (χ2n) is 7.49. The first-order valence-corrected chi connectivity index (χ1v) is 10.1. The van der Waals surface area contributed by atoms with E-state index in [4.69, 9.17) is 0 Å². The second-order valence-corrected chi connectivity index (χ2v) is 7.49. The van der Waals surface area contributed by atoms with Crippen molar-refractivity contribution in [1.29, 1.82) is 0 Å². The molecule has 0 spiro atoms. The van der Waals surface area contributed by atoms with Crippen LogP contribution in [0.1, 0.15) is 40.7 Å². The van der Waals surface area contributed by atoms with Crippen LogP contribution in [0.2, 0.25) is 0 Å². The predicted molar refractivity (Wildman–Crippen MR) is 108 cm³/mol. The molecule has 1 amide bonds. The lowest BCUT2D eigenvalue weighted by Crippen LogP contribution is -2.35. The van der Waals surface area contributed by atoms with Gasteiger partial charge in [-0.25, -0.2) is 0 Å². The quantitative estimate of drug-likeness (QED) is 0.653. The summed E-state index contributed by atoms with van der Waals surface area (Å²) in [4.78, 5) is 28.6. The van der Waals surface area contributed by atoms with Crippen molar-refractivity contribution in [1.82, 2.24) is 9.80 Å². The molecular formula is C23H25F3N2O2. The number of amides is 1. The molecule has 0 saturated carbocycles. The van der Waals surface area contributed by atoms with Gasteiger partial charge in [-0.2, -0.15) is 13.2 Å². The van der Waals surface area contributed by atoms with Gasteiger partial charge in [0.15, 0.2) is 5.78 Å². The van der Waals surface area contributed by atoms with Crippen LogP contribution in [-0.4, -0.2) is 47.7 Å². The molecule has 1 heterocycles. The Labute approximate surface area is 174 Å². The molecule has 7 heteroatoms. The maximum Gasteiger partial charge on any atom is 0.416 e. The highest BCUT2D eigenvalue weighted by atomic mass is 19.4. The van der Waals surface area contributed by atoms with Gasteiger partial charge in [0.25, 0.3) is 0 Å². The third-order valence-electron chi connectivity index (χ3n) is 5.29. The first-order valence-electron chi connectivity index (χ1n) is 10.1. The van der Waals surface area contributed by atoms with Crippen molar-refractivity contribution in [2.45, 2.75) is 32.0 Å². The minimum Gasteiger partial charge on any atom is -0.341 e. The van der Waals surface area contributed by atoms with Gasteiger partial charge in [0.1, 0.15) is 0 Å². The van der Waals surface area contributed by atoms with Gasteiger partial charge < -0.3 is 4.90 Å². The number of hydrogen-bond acceptors (Lipinski definition) is 3. The topological polar surface area (TPSA) is 40.6 Å². The van der Waals surface area contributed by atoms with E-state index in [9.17, 15) is 22.8 Å². The smallest absolute Gasteiger partial charge is 0.341 e. The van der Waals surface area contributed by atoms with Crippen LogP contribution >= 0.6 is 0 Å². The van der Waals surface area contributed by atoms with Gasteiger partial charge >= 0.3 is 6.18 Å². The largest absolute Gasteiger partial charge is 0.416 e. The average molecular weight is 418 g/mol. The highest BCUT2D eigenvalue weighted by molar-refractivity contribution is 5.97. The normalized spacial score (nSPS) is 15.6. The Morgan fingerprint density at radius 3 is 2.20 bits per heavy atom. The summed E-state index contributed by atoms with van der Waals surface area (Å²) in [6.07, 6.45) is -3.16. The summed E-state index contributed by atoms with van der Waals surface area (Å²) in [6, 6.07) is 14.2. The molecule has 1 fully saturated rings. The van der Waals surface area contributed by atoms with Crippen LogP contribution in [0.4, 0.5) is 13.2 Å². The summed E-state index contributed by atoms with van der Waals surface area (Å²) in [5, 5.41) is 0. The molecule has 2 aromatic carbocycles. The predicted octanol–water partition coefficient (Wildman–Crippen LogP) is 4.40. The number of carbonyl (C=O) groups is 2. The van der Waals surface area contributed by atoms with Crippen LogP contribution in [0, 0.1) is 0 Å². The molecule has 3 rings (SSSR count). The van der Waals surface area contributed by atoms with Crippen molar-refractivity contribution in [3.05, 3.63) is 71.3 Å². The molecule has 0 atom stereocenters. The van der Waals surface area contributed by atoms with Gasteiger partial charge in [-0.05, 0) is 24.1 Å². The number of hydrogen-bond donors (Lipinski definition) is 0. The van der Waals surface area contributed by atoms with E-state index in [1.807, 2.05) is 6.07 Å². The summed E-state index contributed by atoms with van der Waals surface area (Å²) in [6.45, 7) is 3.15. The number of Topliss-reactive ketones (excluding diaryl/α,β-unsaturated/α-hetero) is 1. The molecule has 1 aliphatic rings. The number of benzene rings is 2. The van der Waals surface area contributed by atoms with E-state index in [-0.39, 0.29) is 24.5 Å². The maximum absolute atomic E-state index is 12.7. The standard InChI is InChI=1S/C23H25F3N2O2/c24-23(25,26)20-9-7-18(8-10-20)17-27-13-4-14-28(16-15-27)22(30)12-11-21(29)19-5-2-1-3-6-19/h1-3,5-10H,4,11-17H2. The molecule has 0 radical (unpaired) electrons. The van der Waals surface area contributed by atoms with Gasteiger partial charge in [0.2, 0.25) is 5.91 Å². The third-order valence-corrected chi connectivity index (χ3v) is 5.29. The third kappa shape index (κ3) is 6.16. The Morgan fingerprint density at radius 2 is 1.53 bits per heavy atom. The van der Waals surface area contributed by atoms with E-state index in [1.165, 1.54) is 12.1 Å². The first-order chi connectivity index (χ1) is 14.3. The number of nitrogens with zero attached hydrogens (tertiary/aromatic N) is 2. The summed E-state index contributed by atoms with van der Waals surface area (Å²) in [5.41, 5.74) is 0.782. The second kappa shape index (κ2) is 9.89. The molecule has 1 saturated heterocycles. The van der Waals surface area contributed by atoms with Crippen molar-refractivity contribution < 1.29 is 22.8 Å². The zero-order chi connectivity index (χ0) is 21.6. The Hall–Kier alpha value is -2.67. The maximum atomic E-state index is 12.7. The van der Waals surface area contributed by atoms with E-state index in [0.29, 0.717) is 31.7 Å². The highest BCUT2D eigenvalue weighted by Crippen LogP contribution is 2.29. The Bertz CT molecular complexity index is 851. The van der Waals surface area contributed by atoms with Crippen LogP contribution in [0.15, 0.2) is 54.6 Å². The van der Waals surface area contributed by atoms with Gasteiger partial charge in [0.05, 0.1) is 5.56 Å². The molecule has 30 heavy (non-hydrogen) atoms. The minimum absolute atomic E-state index is 0.0318. The fourth-order valence-corrected chi connectivity index (χ4v) is 3.58. The van der Waals surface area contributed by atoms with Crippen molar-refractivity contribution in [2.24, 2.45) is 0 Å². The number of ketones is 1. The molecule has 0 N–H and O–H groups in total. The fourth-order valence-electron chi connectivity index (χ4n) is 3.58. The molecule has 4 nitrogen and oxygen atoms in total. The van der Waals surface area contributed by atoms with Crippen LogP contribution < -0.4 is 0 Å². The van der Waals surface area contributed by atoms with E-state index in [2.05, 4.69) is 4.90 Å². The Kier molecular flexibility index (Phi) is 7.26. The van der Waals surface area contributed by atoms with Crippen molar-refractivity contribution in [3.63, 3.8) is 0 Å². The van der Waals surface area contributed by atoms with Crippen LogP contribution in [0.3, 0.4) is 0 Å². The zero-order valence-electron chi connectivity index (χ0n) is 16.7. The van der Waals surface area contributed by atoms with Crippen molar-refractivity contribution in [2.75, 3.05) is 26.2 Å². The van der Waals surface area contributed by atoms with E-state index < -0.39 is 11.7 Å². The highest BCUT2D eigenvalue weighted by Gasteiger charge is 2.30. The minimum atomic E-state index is -4.33. The number of halogens is 3. The summed E-state index contributed by atoms with van der Waals surface area (Å²) < 4.78 is 38.1. The fraction of sp³-hybridized carbons (Fsp3) is 0.391. The Balaban J connectivity index is 1.47. The lowest BCUT2D eigenvalue weighted by atomic mass is 10.1. The first kappa shape index (κ1) is 22.0. The van der Waals surface area contributed by atoms with Crippen molar-refractivity contribution >= 4 is 11.7 Å². The zero-order valence-corrected chi connectivity index (χ0v) is 16.7. The van der Waals surface area contributed by atoms with E-state index in [1.54, 1.807) is 29.2 Å². The molecule has 0 aromatic heterocycles. The average Bonchev–Trinajstić information content (AvgIpc) is 2.98. The van der Waals surface area contributed by atoms with Crippen LogP contribution in [-0.2, 0) is 17.5 Å². The van der Waals surface area contributed by atoms with Gasteiger partial charge in [-0.1, -0.05) is 42.5 Å². The van der Waals surface area contributed by atoms with Gasteiger partial charge in [-0.15, -0.1) is 0 Å². The van der Waals surface area contributed by atoms with E-state index in [0.717, 1.165) is 30.7 Å². The summed E-state index contributed by atoms with van der Waals surface area (Å²) >= 11 is 0. The molecule has 0 aliphatic carbocycles. The molecule has 1 aliphatic heterocycles. The molecular weight excluding hydrogens is 393 g/mol. The van der Waals surface area contributed by atoms with Crippen molar-refractivity contribution in [3.8, 4) is 0 Å². The van der Waals surface area contributed by atoms with Gasteiger partial charge in [-0.3, -0.25) is 14.5 Å². The molecule has 0 unspecified atom stereocenters. The number of carbonyl (C=O) groups excluding carboxylic acids is 2. The molecule has 160 valence electrons. The molecule has 2 aromatic rings. The Morgan fingerprint density at radius 1 is 0.833 bits per heavy atom. The lowest BCUT2D eigenvalue weighted by Gasteiger charge is -2.22. The molecule has 0 bridgehead atoms. The van der Waals surface area contributed by atoms with E-state index >= 15 is 0 Å². The number of rotatable bonds is 6.